The molecule has 7 aromatic carbocycles. The molecule has 13 atom stereocenters. The summed E-state index contributed by atoms with van der Waals surface area (Å²) < 4.78 is 57.8. The minimum Gasteiger partial charge on any atom is -0.872 e. The van der Waals surface area contributed by atoms with Crippen LogP contribution in [0.4, 0.5) is 4.79 Å². The number of benzene rings is 7. The van der Waals surface area contributed by atoms with Crippen molar-refractivity contribution in [2.24, 2.45) is 29.4 Å². The predicted octanol–water partition coefficient (Wildman–Crippen LogP) is 6.98. The molecule has 692 valence electrons. The summed E-state index contributed by atoms with van der Waals surface area (Å²) in [7, 11) is -1.97. The van der Waals surface area contributed by atoms with Crippen molar-refractivity contribution in [1.29, 1.82) is 0 Å². The number of nitrogens with one attached hydrogen (secondary N) is 3. The van der Waals surface area contributed by atoms with Gasteiger partial charge in [-0.05, 0) is 160 Å². The molecule has 12 N–H and O–H groups in total. The second kappa shape index (κ2) is 48.1. The van der Waals surface area contributed by atoms with Gasteiger partial charge >= 0.3 is 47.2 Å². The average Bonchev–Trinajstić information content (AvgIpc) is 1.33. The number of esters is 1. The van der Waals surface area contributed by atoms with Gasteiger partial charge < -0.3 is 89.9 Å². The number of rotatable bonds is 26. The molecule has 1 saturated carbocycles. The molecule has 4 aliphatic rings. The molecule has 130 heavy (non-hydrogen) atoms. The van der Waals surface area contributed by atoms with E-state index in [1.54, 1.807) is 27.0 Å². The number of Topliss-reactive ketones (excluding diaryl/α,β-unsaturated/α-hetero) is 2. The number of allylic oxidation sites excluding steroid dienone is 2. The number of nitrogens with two attached hydrogens (primary N) is 1. The molecular formula is C95H110Cl3N6NaO24S. The molecule has 13 rings (SSSR count). The number of amides is 4. The molecule has 35 heteroatoms. The number of piperidine rings is 1. The second-order valence-electron chi connectivity index (χ2n) is 33.1. The number of phenols is 1. The van der Waals surface area contributed by atoms with Crippen LogP contribution in [0.3, 0.4) is 0 Å². The Morgan fingerprint density at radius 2 is 1.44 bits per heavy atom. The van der Waals surface area contributed by atoms with E-state index in [9.17, 15) is 82.5 Å². The Morgan fingerprint density at radius 1 is 0.823 bits per heavy atom. The molecule has 1 aliphatic carbocycles. The van der Waals surface area contributed by atoms with E-state index in [0.717, 1.165) is 51.1 Å². The maximum Gasteiger partial charge on any atom is 1.00 e. The molecule has 5 heterocycles. The molecule has 4 amide bonds. The van der Waals surface area contributed by atoms with Crippen molar-refractivity contribution in [3.05, 3.63) is 265 Å². The number of ether oxygens (including phenoxy) is 5. The van der Waals surface area contributed by atoms with Crippen LogP contribution in [0.15, 0.2) is 208 Å². The molecule has 9 aromatic rings. The number of halogens is 3. The minimum absolute atomic E-state index is 0. The Labute approximate surface area is 791 Å². The monoisotopic (exact) mass is 1880 g/mol. The van der Waals surface area contributed by atoms with Gasteiger partial charge in [0.1, 0.15) is 52.8 Å². The van der Waals surface area contributed by atoms with Gasteiger partial charge in [-0.15, -0.1) is 0 Å². The number of β-amino-alcohol motifs (C(OH)–C–C–N with tert-alkyl or cyclic N) is 1. The number of phenolic OH excluding ortho intramolecular Hbond substituents is 1. The fourth-order valence-electron chi connectivity index (χ4n) is 16.3. The summed E-state index contributed by atoms with van der Waals surface area (Å²) >= 11 is 17.4. The zero-order valence-corrected chi connectivity index (χ0v) is 79.0. The first-order valence-electron chi connectivity index (χ1n) is 41.7. The SMILES string of the molecule is CC(=O)O[C@H]1C(Cc2ccc(CO)cc2)NC[C@@H]1O.CO[C@@H]1[C@H](OC(N)=O)C(O)[C@H](Oc2ccc3c([O-])c(CC(=O)c4ccc(O)c(CC=C(C)C)c4)c(=O)oc3c2C)OC1(C)C.CS(=O)(=O)c1ccc([C@@H](O)[C@@H](CO)NC(=O)C(Cl)Cl)cc1.C[C@@H]1C[C@@H]([C@H](O)CC2CC(=O)NC(=O)C2)C(=O)[C@@H](C)C1.Clc1ccccc1C(c1ccccc1)(c1ccccc1)n1ccnc1.[Na+]. The third kappa shape index (κ3) is 27.5. The molecule has 0 spiro atoms. The Bertz CT molecular complexity index is 5500. The third-order valence-electron chi connectivity index (χ3n) is 22.7. The molecule has 0 radical (unpaired) electrons. The number of imidazole rings is 1. The van der Waals surface area contributed by atoms with Gasteiger partial charge in [-0.1, -0.05) is 181 Å². The molecular weight excluding hydrogens is 1770 g/mol. The van der Waals surface area contributed by atoms with E-state index in [-0.39, 0.29) is 140 Å². The molecule has 2 aromatic heterocycles. The van der Waals surface area contributed by atoms with Crippen LogP contribution in [0.5, 0.6) is 17.2 Å². The van der Waals surface area contributed by atoms with Crippen molar-refractivity contribution in [2.45, 2.75) is 195 Å². The number of alkyl halides is 2. The van der Waals surface area contributed by atoms with Crippen LogP contribution in [0.2, 0.25) is 5.02 Å². The van der Waals surface area contributed by atoms with Crippen molar-refractivity contribution in [2.75, 3.05) is 26.5 Å². The van der Waals surface area contributed by atoms with Crippen molar-refractivity contribution < 1.29 is 140 Å². The number of aliphatic hydroxyl groups excluding tert-OH is 6. The molecule has 30 nitrogen and oxygen atoms in total. The van der Waals surface area contributed by atoms with E-state index < -0.39 is 123 Å². The van der Waals surface area contributed by atoms with Crippen molar-refractivity contribution >= 4 is 97.0 Å². The Kier molecular flexibility index (Phi) is 39.0. The third-order valence-corrected chi connectivity index (χ3v) is 24.6. The van der Waals surface area contributed by atoms with Crippen LogP contribution in [0.1, 0.15) is 147 Å². The number of aromatic hydroxyl groups is 1. The van der Waals surface area contributed by atoms with E-state index in [1.807, 2.05) is 94.0 Å². The standard InChI is InChI=1S/C32H37NO11.C22H17ClN2.C15H23NO4.C14H19NO4.C12H15Cl2NO5S.Na/c1-15(2)7-8-17-13-18(9-11-21(17)34)22(35)14-20-24(36)19-10-12-23(16(3)26(19)42-29(20)38)41-30-25(37)27(43-31(33)39)28(40-6)32(4,5)44-30;23-21-14-8-7-13-20(21)22(25-16-15-24-17-25,18-9-3-1-4-10-18)19-11-5-2-6-12-19;1-8-3-9(2)15(20)11(4-8)12(17)5-10-6-13(18)16-14(19)7-10;1-9(17)19-14-12(15-7-13(14)18)6-10-2-4-11(8-16)5-3-10;1-21(19,20)8-4-2-7(3-5-8)10(17)9(6-16)15-12(18)11(13)14;/h7,9-13,25,27-28,30,34,36-37H,8,14H2,1-6H3,(H2,33,39);1-17H;8-12,17H,3-7H2,1-2H3,(H,16,18,19);2-5,12-16,18H,6-8H2,1H3;2-5,9-11,16-17H,6H2,1H3,(H,15,18);/q;;;;;+1/p-1/t25?,27-,28-,30-;;8-,9-,11-,12+;12?,13-,14-;9-,10-;/m1.001./s1. The molecule has 4 fully saturated rings. The zero-order chi connectivity index (χ0) is 94.5. The summed E-state index contributed by atoms with van der Waals surface area (Å²) in [5.41, 5.74) is 9.77. The Hall–Kier alpha value is -9.75. The number of carbonyl (C=O) groups is 7. The summed E-state index contributed by atoms with van der Waals surface area (Å²) in [5, 5.41) is 91.4. The molecule has 3 aliphatic heterocycles. The number of aliphatic hydroxyl groups is 6. The first-order chi connectivity index (χ1) is 61.1. The first kappa shape index (κ1) is 106. The fraction of sp³-hybridized carbons (Fsp3) is 0.400. The van der Waals surface area contributed by atoms with Gasteiger partial charge in [0.05, 0.1) is 48.2 Å². The number of aromatic nitrogens is 2. The Morgan fingerprint density at radius 3 is 1.99 bits per heavy atom. The van der Waals surface area contributed by atoms with E-state index in [4.69, 9.17) is 73.7 Å². The Balaban J connectivity index is 0.000000210. The molecule has 0 bridgehead atoms. The number of primary amides is 1. The number of nitrogens with zero attached hydrogens (tertiary/aromatic N) is 2. The molecule has 2 unspecified atom stereocenters. The van der Waals surface area contributed by atoms with E-state index in [2.05, 4.69) is 87.0 Å². The van der Waals surface area contributed by atoms with Gasteiger partial charge in [0.25, 0.3) is 5.91 Å². The number of sulfone groups is 1. The van der Waals surface area contributed by atoms with Gasteiger partial charge in [-0.3, -0.25) is 34.1 Å². The number of carbonyl (C=O) groups excluding carboxylic acids is 7. The average molecular weight is 1880 g/mol. The van der Waals surface area contributed by atoms with Gasteiger partial charge in [0.15, 0.2) is 32.7 Å². The minimum atomic E-state index is -3.34. The summed E-state index contributed by atoms with van der Waals surface area (Å²) in [6.07, 6.45) is 2.40. The van der Waals surface area contributed by atoms with Crippen LogP contribution >= 0.6 is 34.8 Å². The van der Waals surface area contributed by atoms with Crippen LogP contribution < -0.4 is 66.7 Å². The quantitative estimate of drug-likeness (QED) is 0.00380. The van der Waals surface area contributed by atoms with Crippen molar-refractivity contribution in [3.8, 4) is 17.2 Å². The van der Waals surface area contributed by atoms with Gasteiger partial charge in [-0.25, -0.2) is 23.0 Å². The summed E-state index contributed by atoms with van der Waals surface area (Å²) in [6, 6.07) is 48.0. The van der Waals surface area contributed by atoms with Crippen LogP contribution in [-0.4, -0.2) is 187 Å². The zero-order valence-electron chi connectivity index (χ0n) is 73.9. The summed E-state index contributed by atoms with van der Waals surface area (Å²) in [6.45, 7) is 14.0. The first-order valence-corrected chi connectivity index (χ1v) is 44.8. The topological polar surface area (TPSA) is 475 Å². The number of imide groups is 1. The van der Waals surface area contributed by atoms with Crippen molar-refractivity contribution in [1.82, 2.24) is 25.5 Å². The van der Waals surface area contributed by atoms with Gasteiger partial charge in [-0.2, -0.15) is 0 Å². The van der Waals surface area contributed by atoms with Crippen molar-refractivity contribution in [3.63, 3.8) is 0 Å². The number of hydrogen-bond acceptors (Lipinski definition) is 26. The summed E-state index contributed by atoms with van der Waals surface area (Å²) in [4.78, 5) is 97.9. The van der Waals surface area contributed by atoms with Crippen LogP contribution in [0, 0.1) is 30.6 Å². The van der Waals surface area contributed by atoms with Crippen LogP contribution in [0.25, 0.3) is 11.0 Å². The largest absolute Gasteiger partial charge is 1.00 e. The fourth-order valence-corrected chi connectivity index (χ4v) is 17.3. The number of hydrogen-bond donors (Lipinski definition) is 11. The smallest absolute Gasteiger partial charge is 0.872 e. The maximum atomic E-state index is 13.4. The number of aryl methyl sites for hydroxylation is 1. The van der Waals surface area contributed by atoms with E-state index in [0.29, 0.717) is 49.3 Å². The predicted molar refractivity (Wildman–Crippen MR) is 480 cm³/mol. The number of methoxy groups -OCH3 is 1. The van der Waals surface area contributed by atoms with Crippen LogP contribution in [-0.2, 0) is 84.2 Å². The number of ketones is 2. The number of fused-ring (bicyclic) bond motifs is 1. The van der Waals surface area contributed by atoms with Gasteiger partial charge in [0.2, 0.25) is 18.1 Å². The maximum absolute atomic E-state index is 13.4. The van der Waals surface area contributed by atoms with E-state index in [1.165, 1.54) is 68.6 Å². The second-order valence-corrected chi connectivity index (χ2v) is 36.6. The molecule has 3 saturated heterocycles. The van der Waals surface area contributed by atoms with E-state index >= 15 is 0 Å². The van der Waals surface area contributed by atoms with Gasteiger partial charge in [0, 0.05) is 103 Å². The normalized spacial score (nSPS) is 20.8. The summed E-state index contributed by atoms with van der Waals surface area (Å²) in [5.74, 6) is -2.64.